The van der Waals surface area contributed by atoms with Crippen molar-refractivity contribution in [2.24, 2.45) is 0 Å². The van der Waals surface area contributed by atoms with E-state index in [1.54, 1.807) is 18.4 Å². The average molecular weight is 286 g/mol. The van der Waals surface area contributed by atoms with Gasteiger partial charge in [0.05, 0.1) is 12.8 Å². The summed E-state index contributed by atoms with van der Waals surface area (Å²) in [6, 6.07) is 10.5. The molecule has 0 aliphatic carbocycles. The van der Waals surface area contributed by atoms with E-state index in [1.165, 1.54) is 6.07 Å². The topological polar surface area (TPSA) is 25.2 Å². The lowest BCUT2D eigenvalue weighted by Crippen LogP contribution is -2.13. The number of hydrogen-bond acceptors (Lipinski definition) is 2. The summed E-state index contributed by atoms with van der Waals surface area (Å²) in [5, 5.41) is 3.11. The second-order valence-corrected chi connectivity index (χ2v) is 3.27. The molecule has 1 aromatic heterocycles. The van der Waals surface area contributed by atoms with Gasteiger partial charge in [0.25, 0.3) is 0 Å². The molecule has 0 spiro atoms. The first-order valence-corrected chi connectivity index (χ1v) is 4.83. The highest BCUT2D eigenvalue weighted by molar-refractivity contribution is 8.93. The van der Waals surface area contributed by atoms with Crippen LogP contribution in [-0.4, -0.2) is 0 Å². The van der Waals surface area contributed by atoms with Gasteiger partial charge >= 0.3 is 0 Å². The molecule has 0 saturated heterocycles. The summed E-state index contributed by atoms with van der Waals surface area (Å²) in [5.74, 6) is 0.677. The smallest absolute Gasteiger partial charge is 0.127 e. The number of rotatable bonds is 4. The molecule has 1 heterocycles. The summed E-state index contributed by atoms with van der Waals surface area (Å²) >= 11 is 0. The molecule has 0 aliphatic rings. The van der Waals surface area contributed by atoms with Crippen LogP contribution in [0.5, 0.6) is 0 Å². The Balaban J connectivity index is 0.00000128. The Morgan fingerprint density at radius 1 is 1.06 bits per heavy atom. The number of nitrogens with one attached hydrogen (secondary N) is 1. The molecule has 1 aromatic carbocycles. The van der Waals surface area contributed by atoms with Gasteiger partial charge in [-0.2, -0.15) is 0 Å². The third-order valence-electron chi connectivity index (χ3n) is 2.15. The quantitative estimate of drug-likeness (QED) is 0.933. The standard InChI is InChI=1S/C12H12FNO.BrH/c13-12-6-2-1-4-10(12)8-14-9-11-5-3-7-15-11;/h1-7,14H,8-9H2;1H. The van der Waals surface area contributed by atoms with Crippen LogP contribution >= 0.6 is 17.0 Å². The maximum absolute atomic E-state index is 13.2. The molecule has 0 bridgehead atoms. The second-order valence-electron chi connectivity index (χ2n) is 3.27. The molecular formula is C12H13BrFNO. The van der Waals surface area contributed by atoms with Gasteiger partial charge in [-0.25, -0.2) is 4.39 Å². The van der Waals surface area contributed by atoms with Gasteiger partial charge < -0.3 is 9.73 Å². The minimum Gasteiger partial charge on any atom is -0.468 e. The van der Waals surface area contributed by atoms with Crippen molar-refractivity contribution in [1.29, 1.82) is 0 Å². The highest BCUT2D eigenvalue weighted by atomic mass is 79.9. The Labute approximate surface area is 104 Å². The van der Waals surface area contributed by atoms with Gasteiger partial charge in [0.2, 0.25) is 0 Å². The Bertz CT molecular complexity index is 417. The van der Waals surface area contributed by atoms with Crippen LogP contribution in [0.4, 0.5) is 4.39 Å². The van der Waals surface area contributed by atoms with Crippen LogP contribution in [0.3, 0.4) is 0 Å². The van der Waals surface area contributed by atoms with Gasteiger partial charge in [0.1, 0.15) is 11.6 Å². The molecule has 2 rings (SSSR count). The van der Waals surface area contributed by atoms with E-state index in [9.17, 15) is 4.39 Å². The van der Waals surface area contributed by atoms with Crippen molar-refractivity contribution in [2.75, 3.05) is 0 Å². The fourth-order valence-corrected chi connectivity index (χ4v) is 1.38. The van der Waals surface area contributed by atoms with E-state index in [0.29, 0.717) is 18.7 Å². The monoisotopic (exact) mass is 285 g/mol. The van der Waals surface area contributed by atoms with Crippen LogP contribution in [-0.2, 0) is 13.1 Å². The van der Waals surface area contributed by atoms with Crippen molar-refractivity contribution in [3.05, 3.63) is 59.8 Å². The maximum Gasteiger partial charge on any atom is 0.127 e. The second kappa shape index (κ2) is 6.45. The predicted molar refractivity (Wildman–Crippen MR) is 66.0 cm³/mol. The highest BCUT2D eigenvalue weighted by Crippen LogP contribution is 2.06. The molecule has 0 fully saturated rings. The third kappa shape index (κ3) is 3.47. The minimum atomic E-state index is -0.176. The van der Waals surface area contributed by atoms with E-state index in [0.717, 1.165) is 5.76 Å². The van der Waals surface area contributed by atoms with Crippen molar-refractivity contribution in [1.82, 2.24) is 5.32 Å². The molecule has 0 atom stereocenters. The molecule has 0 radical (unpaired) electrons. The van der Waals surface area contributed by atoms with Gasteiger partial charge in [-0.15, -0.1) is 17.0 Å². The Kier molecular flexibility index (Phi) is 5.22. The average Bonchev–Trinajstić information content (AvgIpc) is 2.74. The number of halogens is 2. The molecule has 4 heteroatoms. The van der Waals surface area contributed by atoms with E-state index >= 15 is 0 Å². The zero-order valence-corrected chi connectivity index (χ0v) is 10.4. The predicted octanol–water partition coefficient (Wildman–Crippen LogP) is 3.29. The molecular weight excluding hydrogens is 273 g/mol. The summed E-state index contributed by atoms with van der Waals surface area (Å²) in [4.78, 5) is 0. The molecule has 2 aromatic rings. The van der Waals surface area contributed by atoms with E-state index in [-0.39, 0.29) is 22.8 Å². The van der Waals surface area contributed by atoms with Crippen molar-refractivity contribution < 1.29 is 8.81 Å². The van der Waals surface area contributed by atoms with Crippen LogP contribution in [0.1, 0.15) is 11.3 Å². The summed E-state index contributed by atoms with van der Waals surface area (Å²) in [5.41, 5.74) is 0.670. The molecule has 0 unspecified atom stereocenters. The number of benzene rings is 1. The highest BCUT2D eigenvalue weighted by Gasteiger charge is 2.00. The normalized spacial score (nSPS) is 9.81. The minimum absolute atomic E-state index is 0. The van der Waals surface area contributed by atoms with Crippen LogP contribution < -0.4 is 5.32 Å². The van der Waals surface area contributed by atoms with E-state index in [4.69, 9.17) is 4.42 Å². The maximum atomic E-state index is 13.2. The van der Waals surface area contributed by atoms with Crippen molar-refractivity contribution >= 4 is 17.0 Å². The Hall–Kier alpha value is -1.13. The fourth-order valence-electron chi connectivity index (χ4n) is 1.38. The van der Waals surface area contributed by atoms with E-state index in [1.807, 2.05) is 18.2 Å². The molecule has 0 amide bonds. The molecule has 86 valence electrons. The molecule has 0 aliphatic heterocycles. The van der Waals surface area contributed by atoms with Crippen LogP contribution in [0.2, 0.25) is 0 Å². The first-order chi connectivity index (χ1) is 7.36. The lowest BCUT2D eigenvalue weighted by atomic mass is 10.2. The fraction of sp³-hybridized carbons (Fsp3) is 0.167. The summed E-state index contributed by atoms with van der Waals surface area (Å²) in [7, 11) is 0. The third-order valence-corrected chi connectivity index (χ3v) is 2.15. The molecule has 1 N–H and O–H groups in total. The van der Waals surface area contributed by atoms with E-state index < -0.39 is 0 Å². The first kappa shape index (κ1) is 12.9. The van der Waals surface area contributed by atoms with Crippen LogP contribution in [0, 0.1) is 5.82 Å². The van der Waals surface area contributed by atoms with Gasteiger partial charge in [0.15, 0.2) is 0 Å². The van der Waals surface area contributed by atoms with Gasteiger partial charge in [-0.3, -0.25) is 0 Å². The lowest BCUT2D eigenvalue weighted by molar-refractivity contribution is 0.479. The Morgan fingerprint density at radius 2 is 1.88 bits per heavy atom. The Morgan fingerprint density at radius 3 is 2.56 bits per heavy atom. The zero-order chi connectivity index (χ0) is 10.5. The SMILES string of the molecule is Br.Fc1ccccc1CNCc1ccco1. The van der Waals surface area contributed by atoms with Gasteiger partial charge in [0, 0.05) is 12.1 Å². The van der Waals surface area contributed by atoms with Gasteiger partial charge in [-0.05, 0) is 18.2 Å². The summed E-state index contributed by atoms with van der Waals surface area (Å²) in [6.45, 7) is 1.12. The number of hydrogen-bond donors (Lipinski definition) is 1. The van der Waals surface area contributed by atoms with Crippen LogP contribution in [0.15, 0.2) is 47.1 Å². The van der Waals surface area contributed by atoms with Crippen molar-refractivity contribution in [3.63, 3.8) is 0 Å². The molecule has 0 saturated carbocycles. The molecule has 16 heavy (non-hydrogen) atoms. The van der Waals surface area contributed by atoms with E-state index in [2.05, 4.69) is 5.32 Å². The number of furan rings is 1. The summed E-state index contributed by atoms with van der Waals surface area (Å²) < 4.78 is 18.3. The van der Waals surface area contributed by atoms with Crippen LogP contribution in [0.25, 0.3) is 0 Å². The molecule has 2 nitrogen and oxygen atoms in total. The zero-order valence-electron chi connectivity index (χ0n) is 8.65. The first-order valence-electron chi connectivity index (χ1n) is 4.83. The summed E-state index contributed by atoms with van der Waals surface area (Å²) in [6.07, 6.45) is 1.63. The largest absolute Gasteiger partial charge is 0.468 e. The lowest BCUT2D eigenvalue weighted by Gasteiger charge is -2.03. The van der Waals surface area contributed by atoms with Gasteiger partial charge in [-0.1, -0.05) is 18.2 Å². The van der Waals surface area contributed by atoms with Crippen molar-refractivity contribution in [3.8, 4) is 0 Å². The van der Waals surface area contributed by atoms with Crippen molar-refractivity contribution in [2.45, 2.75) is 13.1 Å².